The van der Waals surface area contributed by atoms with Gasteiger partial charge < -0.3 is 31.1 Å². The lowest BCUT2D eigenvalue weighted by molar-refractivity contribution is -0.137. The summed E-state index contributed by atoms with van der Waals surface area (Å²) in [6.07, 6.45) is -0.941. The van der Waals surface area contributed by atoms with Crippen molar-refractivity contribution >= 4 is 52.3 Å². The van der Waals surface area contributed by atoms with Crippen molar-refractivity contribution < 1.29 is 27.6 Å². The number of nitrogens with two attached hydrogens (primary N) is 1. The standard InChI is InChI=1S/C33H40ClF3N8O3S/c1-41-17-27-32(15-26(32)41)45(27)20-4-7-42(8-5-20)29(46)24(14-18-12-21(33(35,36)37)28(38)22(34)13-18)40-30(47)43-9-2-19(3-10-43)44-16-25-23(6-11-49-25)39-31(44)48/h6,11-13,19-20,24,26-27H,2-5,7-10,14-17,38H2,1H3,(H,39,48)(H,40,47)/t24-,26?,27?,32?,45?/m1/s1. The number of likely N-dealkylation sites (tertiary alicyclic amines) is 3. The Kier molecular flexibility index (Phi) is 8.00. The molecule has 0 radical (unpaired) electrons. The third-order valence-corrected chi connectivity index (χ3v) is 12.9. The molecule has 5 aliphatic heterocycles. The van der Waals surface area contributed by atoms with Gasteiger partial charge >= 0.3 is 18.2 Å². The van der Waals surface area contributed by atoms with Gasteiger partial charge in [-0.3, -0.25) is 14.6 Å². The quantitative estimate of drug-likeness (QED) is 0.304. The van der Waals surface area contributed by atoms with E-state index in [4.69, 9.17) is 17.3 Å². The molecule has 4 unspecified atom stereocenters. The SMILES string of the molecule is CN1CC2N(C3CCN(C(=O)[C@@H](Cc4cc(Cl)c(N)c(C(F)(F)F)c4)NC(=O)N4CCC(N5Cc6sccc6NC5=O)CC4)CC3)C23CC13. The van der Waals surface area contributed by atoms with Crippen molar-refractivity contribution in [2.24, 2.45) is 0 Å². The number of amides is 5. The Balaban J connectivity index is 0.940. The van der Waals surface area contributed by atoms with E-state index < -0.39 is 29.5 Å². The molecule has 16 heteroatoms. The third kappa shape index (κ3) is 5.70. The number of alkyl halides is 3. The zero-order chi connectivity index (χ0) is 34.4. The summed E-state index contributed by atoms with van der Waals surface area (Å²) in [6, 6.07) is 4.00. The van der Waals surface area contributed by atoms with Gasteiger partial charge in [0.1, 0.15) is 6.04 Å². The van der Waals surface area contributed by atoms with E-state index in [2.05, 4.69) is 27.5 Å². The smallest absolute Gasteiger partial charge is 0.397 e. The van der Waals surface area contributed by atoms with Crippen molar-refractivity contribution in [2.75, 3.05) is 50.8 Å². The number of piperidine rings is 3. The number of thiophene rings is 1. The van der Waals surface area contributed by atoms with Crippen LogP contribution in [0.25, 0.3) is 0 Å². The van der Waals surface area contributed by atoms with Gasteiger partial charge in [-0.15, -0.1) is 11.3 Å². The van der Waals surface area contributed by atoms with Gasteiger partial charge in [0.25, 0.3) is 0 Å². The van der Waals surface area contributed by atoms with Crippen molar-refractivity contribution in [1.29, 1.82) is 0 Å². The Morgan fingerprint density at radius 1 is 1.10 bits per heavy atom. The molecule has 1 saturated carbocycles. The number of rotatable bonds is 6. The second kappa shape index (κ2) is 11.9. The molecule has 1 spiro atoms. The highest BCUT2D eigenvalue weighted by Crippen LogP contribution is 2.67. The van der Waals surface area contributed by atoms with E-state index in [1.807, 2.05) is 11.4 Å². The molecule has 11 nitrogen and oxygen atoms in total. The van der Waals surface area contributed by atoms with Crippen molar-refractivity contribution in [3.63, 3.8) is 0 Å². The first-order valence-electron chi connectivity index (χ1n) is 17.0. The summed E-state index contributed by atoms with van der Waals surface area (Å²) in [5, 5.41) is 7.49. The summed E-state index contributed by atoms with van der Waals surface area (Å²) in [4.78, 5) is 51.8. The summed E-state index contributed by atoms with van der Waals surface area (Å²) in [5.74, 6) is -0.326. The zero-order valence-electron chi connectivity index (χ0n) is 27.1. The van der Waals surface area contributed by atoms with Crippen LogP contribution in [0, 0.1) is 0 Å². The summed E-state index contributed by atoms with van der Waals surface area (Å²) in [6.45, 7) is 3.36. The van der Waals surface area contributed by atoms with Crippen LogP contribution >= 0.6 is 22.9 Å². The second-order valence-electron chi connectivity index (χ2n) is 14.4. The van der Waals surface area contributed by atoms with Gasteiger partial charge in [0.05, 0.1) is 34.0 Å². The number of carbonyl (C=O) groups is 3. The van der Waals surface area contributed by atoms with E-state index in [1.165, 1.54) is 12.5 Å². The lowest BCUT2D eigenvalue weighted by Gasteiger charge is -2.40. The molecular weight excluding hydrogens is 681 g/mol. The van der Waals surface area contributed by atoms with Crippen LogP contribution in [0.15, 0.2) is 23.6 Å². The molecule has 2 aromatic rings. The van der Waals surface area contributed by atoms with Crippen LogP contribution in [0.3, 0.4) is 0 Å². The maximum Gasteiger partial charge on any atom is 0.418 e. The molecule has 1 aromatic heterocycles. The van der Waals surface area contributed by atoms with Gasteiger partial charge in [0.2, 0.25) is 5.91 Å². The number of hydrogen-bond acceptors (Lipinski definition) is 7. The molecule has 5 atom stereocenters. The largest absolute Gasteiger partial charge is 0.418 e. The number of carbonyl (C=O) groups excluding carboxylic acids is 3. The average molecular weight is 721 g/mol. The number of piperazine rings is 1. The van der Waals surface area contributed by atoms with Crippen LogP contribution in [0.2, 0.25) is 5.02 Å². The molecule has 1 aromatic carbocycles. The number of anilines is 2. The normalized spacial score (nSPS) is 29.2. The summed E-state index contributed by atoms with van der Waals surface area (Å²) >= 11 is 7.72. The van der Waals surface area contributed by atoms with Crippen LogP contribution in [0.4, 0.5) is 34.1 Å². The first-order valence-corrected chi connectivity index (χ1v) is 18.2. The third-order valence-electron chi connectivity index (χ3n) is 11.7. The van der Waals surface area contributed by atoms with Gasteiger partial charge in [-0.05, 0) is 68.3 Å². The molecule has 6 aliphatic rings. The number of likely N-dealkylation sites (N-methyl/N-ethyl adjacent to an activating group) is 1. The minimum Gasteiger partial charge on any atom is -0.397 e. The molecule has 0 bridgehead atoms. The van der Waals surface area contributed by atoms with Gasteiger partial charge in [0, 0.05) is 68.2 Å². The van der Waals surface area contributed by atoms with E-state index in [-0.39, 0.29) is 35.0 Å². The van der Waals surface area contributed by atoms with E-state index in [0.717, 1.165) is 36.0 Å². The Labute approximate surface area is 291 Å². The Morgan fingerprint density at radius 3 is 2.45 bits per heavy atom. The highest BCUT2D eigenvalue weighted by atomic mass is 35.5. The van der Waals surface area contributed by atoms with Crippen LogP contribution in [-0.4, -0.2) is 118 Å². The Hall–Kier alpha value is -3.27. The topological polar surface area (TPSA) is 117 Å². The molecule has 264 valence electrons. The fraction of sp³-hybridized carbons (Fsp3) is 0.606. The molecule has 5 fully saturated rings. The van der Waals surface area contributed by atoms with Crippen molar-refractivity contribution in [1.82, 2.24) is 29.8 Å². The molecule has 4 saturated heterocycles. The number of halogens is 4. The van der Waals surface area contributed by atoms with Crippen LogP contribution in [-0.2, 0) is 23.9 Å². The van der Waals surface area contributed by atoms with Crippen molar-refractivity contribution in [2.45, 2.75) is 87.0 Å². The maximum absolute atomic E-state index is 14.1. The highest BCUT2D eigenvalue weighted by Gasteiger charge is 2.83. The van der Waals surface area contributed by atoms with E-state index >= 15 is 0 Å². The number of hydrogen-bond donors (Lipinski definition) is 3. The summed E-state index contributed by atoms with van der Waals surface area (Å²) < 4.78 is 41.4. The highest BCUT2D eigenvalue weighted by molar-refractivity contribution is 7.10. The molecule has 4 N–H and O–H groups in total. The average Bonchev–Trinajstić information content (AvgIpc) is 3.86. The van der Waals surface area contributed by atoms with Crippen molar-refractivity contribution in [3.8, 4) is 0 Å². The monoisotopic (exact) mass is 720 g/mol. The molecule has 5 amide bonds. The minimum absolute atomic E-state index is 0.0525. The van der Waals surface area contributed by atoms with Gasteiger partial charge in [-0.25, -0.2) is 9.59 Å². The summed E-state index contributed by atoms with van der Waals surface area (Å²) in [7, 11) is 2.18. The van der Waals surface area contributed by atoms with Gasteiger partial charge in [-0.2, -0.15) is 13.2 Å². The number of nitrogen functional groups attached to an aromatic ring is 1. The predicted molar refractivity (Wildman–Crippen MR) is 179 cm³/mol. The molecule has 1 aliphatic carbocycles. The van der Waals surface area contributed by atoms with Gasteiger partial charge in [-0.1, -0.05) is 11.6 Å². The second-order valence-corrected chi connectivity index (χ2v) is 15.8. The van der Waals surface area contributed by atoms with Crippen LogP contribution in [0.1, 0.15) is 48.1 Å². The van der Waals surface area contributed by atoms with E-state index in [9.17, 15) is 27.6 Å². The number of urea groups is 2. The number of benzene rings is 1. The molecule has 8 rings (SSSR count). The van der Waals surface area contributed by atoms with E-state index in [0.29, 0.717) is 69.2 Å². The number of fused-ring (bicyclic) bond motifs is 1. The first-order chi connectivity index (χ1) is 23.3. The lowest BCUT2D eigenvalue weighted by Crippen LogP contribution is -2.57. The van der Waals surface area contributed by atoms with Crippen LogP contribution in [0.5, 0.6) is 0 Å². The van der Waals surface area contributed by atoms with Gasteiger partial charge in [0.15, 0.2) is 0 Å². The molecular formula is C33H40ClF3N8O3S. The zero-order valence-corrected chi connectivity index (χ0v) is 28.7. The number of nitrogens with one attached hydrogen (secondary N) is 2. The fourth-order valence-corrected chi connectivity index (χ4v) is 10.1. The van der Waals surface area contributed by atoms with Crippen LogP contribution < -0.4 is 16.4 Å². The predicted octanol–water partition coefficient (Wildman–Crippen LogP) is 4.27. The van der Waals surface area contributed by atoms with E-state index in [1.54, 1.807) is 26.0 Å². The Bertz CT molecular complexity index is 1680. The lowest BCUT2D eigenvalue weighted by atomic mass is 9.99. The maximum atomic E-state index is 14.1. The molecule has 49 heavy (non-hydrogen) atoms. The van der Waals surface area contributed by atoms with Crippen molar-refractivity contribution in [3.05, 3.63) is 44.6 Å². The fourth-order valence-electron chi connectivity index (χ4n) is 9.05. The first kappa shape index (κ1) is 32.9. The Morgan fingerprint density at radius 2 is 1.80 bits per heavy atom. The minimum atomic E-state index is -4.74. The summed E-state index contributed by atoms with van der Waals surface area (Å²) in [5.41, 5.74) is 5.36. The number of nitrogens with zero attached hydrogens (tertiary/aromatic N) is 5. The molecule has 6 heterocycles.